The van der Waals surface area contributed by atoms with E-state index < -0.39 is 6.08 Å². The normalized spacial score (nSPS) is 20.3. The number of rotatable bonds is 1. The molecular weight excluding hydrogens is 254 g/mol. The molecule has 0 radical (unpaired) electrons. The highest BCUT2D eigenvalue weighted by atomic mass is 32.1. The van der Waals surface area contributed by atoms with E-state index in [-0.39, 0.29) is 11.6 Å². The Morgan fingerprint density at radius 2 is 2.28 bits per heavy atom. The number of nitrogens with zero attached hydrogens (tertiary/aromatic N) is 1. The van der Waals surface area contributed by atoms with E-state index in [0.29, 0.717) is 19.4 Å². The largest absolute Gasteiger partial charge is 0.309 e. The summed E-state index contributed by atoms with van der Waals surface area (Å²) >= 11 is 1.59. The molecule has 0 saturated carbocycles. The summed E-state index contributed by atoms with van der Waals surface area (Å²) < 4.78 is 26.4. The van der Waals surface area contributed by atoms with Crippen molar-refractivity contribution in [2.45, 2.75) is 18.9 Å². The van der Waals surface area contributed by atoms with Gasteiger partial charge in [0.25, 0.3) is 6.08 Å². The van der Waals surface area contributed by atoms with E-state index in [1.807, 2.05) is 18.2 Å². The molecule has 0 aliphatic carbocycles. The summed E-state index contributed by atoms with van der Waals surface area (Å²) in [7, 11) is 0. The fourth-order valence-corrected chi connectivity index (χ4v) is 2.98. The van der Waals surface area contributed by atoms with Crippen LogP contribution in [-0.4, -0.2) is 11.5 Å². The number of thiazole rings is 1. The molecule has 1 unspecified atom stereocenters. The standard InChI is InChI=1S/C13H12F2N2S/c14-13(15)9-3-4-16-10(6-9)8-1-2-12-11(5-8)17-7-18-12/h1-2,5,7,10,16H,3-4,6H2. The second kappa shape index (κ2) is 4.74. The highest BCUT2D eigenvalue weighted by molar-refractivity contribution is 7.16. The predicted molar refractivity (Wildman–Crippen MR) is 68.8 cm³/mol. The molecular formula is C13H12F2N2S. The third kappa shape index (κ3) is 2.15. The molecule has 1 saturated heterocycles. The molecule has 0 amide bonds. The van der Waals surface area contributed by atoms with Crippen LogP contribution >= 0.6 is 11.3 Å². The molecule has 3 rings (SSSR count). The summed E-state index contributed by atoms with van der Waals surface area (Å²) in [5.41, 5.74) is 4.05. The van der Waals surface area contributed by atoms with Crippen molar-refractivity contribution in [1.29, 1.82) is 0 Å². The number of aromatic nitrogens is 1. The average molecular weight is 266 g/mol. The number of halogens is 2. The molecule has 1 fully saturated rings. The lowest BCUT2D eigenvalue weighted by molar-refractivity contribution is 0.378. The Morgan fingerprint density at radius 1 is 1.39 bits per heavy atom. The van der Waals surface area contributed by atoms with Crippen LogP contribution in [0.1, 0.15) is 24.4 Å². The number of hydrogen-bond acceptors (Lipinski definition) is 3. The maximum Gasteiger partial charge on any atom is 0.269 e. The zero-order chi connectivity index (χ0) is 12.5. The summed E-state index contributed by atoms with van der Waals surface area (Å²) in [5.74, 6) is 0. The van der Waals surface area contributed by atoms with Crippen molar-refractivity contribution in [3.05, 3.63) is 40.9 Å². The maximum atomic E-state index is 12.7. The Kier molecular flexibility index (Phi) is 3.09. The van der Waals surface area contributed by atoms with Gasteiger partial charge in [-0.25, -0.2) is 4.98 Å². The van der Waals surface area contributed by atoms with Gasteiger partial charge in [-0.2, -0.15) is 8.78 Å². The van der Waals surface area contributed by atoms with E-state index in [0.717, 1.165) is 15.8 Å². The van der Waals surface area contributed by atoms with Crippen molar-refractivity contribution in [2.75, 3.05) is 6.54 Å². The van der Waals surface area contributed by atoms with Crippen LogP contribution in [0.4, 0.5) is 8.78 Å². The topological polar surface area (TPSA) is 24.9 Å². The van der Waals surface area contributed by atoms with Gasteiger partial charge in [0.1, 0.15) is 0 Å². The molecule has 5 heteroatoms. The molecule has 0 bridgehead atoms. The third-order valence-corrected chi connectivity index (χ3v) is 4.10. The molecule has 1 aromatic carbocycles. The second-order valence-electron chi connectivity index (χ2n) is 4.40. The molecule has 2 aromatic rings. The number of hydrogen-bond donors (Lipinski definition) is 1. The number of nitrogens with one attached hydrogen (secondary N) is 1. The minimum absolute atomic E-state index is 0.0265. The Morgan fingerprint density at radius 3 is 3.11 bits per heavy atom. The van der Waals surface area contributed by atoms with E-state index in [4.69, 9.17) is 0 Å². The molecule has 94 valence electrons. The molecule has 1 aliphatic rings. The van der Waals surface area contributed by atoms with Crippen LogP contribution in [0.15, 0.2) is 35.4 Å². The Labute approximate surface area is 107 Å². The number of benzene rings is 1. The lowest BCUT2D eigenvalue weighted by Gasteiger charge is -2.25. The molecule has 2 heterocycles. The van der Waals surface area contributed by atoms with Gasteiger partial charge in [-0.15, -0.1) is 11.3 Å². The average Bonchev–Trinajstić information content (AvgIpc) is 2.86. The highest BCUT2D eigenvalue weighted by Gasteiger charge is 2.21. The summed E-state index contributed by atoms with van der Waals surface area (Å²) in [5, 5.41) is 3.29. The molecule has 2 nitrogen and oxygen atoms in total. The first-order valence-electron chi connectivity index (χ1n) is 5.83. The first-order chi connectivity index (χ1) is 8.74. The Bertz CT molecular complexity index is 602. The zero-order valence-electron chi connectivity index (χ0n) is 9.62. The van der Waals surface area contributed by atoms with Gasteiger partial charge in [-0.05, 0) is 42.7 Å². The van der Waals surface area contributed by atoms with Crippen LogP contribution in [0.5, 0.6) is 0 Å². The lowest BCUT2D eigenvalue weighted by Crippen LogP contribution is -2.28. The second-order valence-corrected chi connectivity index (χ2v) is 5.29. The maximum absolute atomic E-state index is 12.7. The van der Waals surface area contributed by atoms with Crippen LogP contribution in [-0.2, 0) is 0 Å². The van der Waals surface area contributed by atoms with E-state index in [1.54, 1.807) is 16.8 Å². The number of fused-ring (bicyclic) bond motifs is 1. The van der Waals surface area contributed by atoms with E-state index in [9.17, 15) is 8.78 Å². The van der Waals surface area contributed by atoms with Crippen LogP contribution in [0.3, 0.4) is 0 Å². The van der Waals surface area contributed by atoms with Gasteiger partial charge in [0, 0.05) is 6.04 Å². The van der Waals surface area contributed by atoms with Crippen molar-refractivity contribution >= 4 is 21.6 Å². The summed E-state index contributed by atoms with van der Waals surface area (Å²) in [4.78, 5) is 4.26. The molecule has 1 atom stereocenters. The van der Waals surface area contributed by atoms with Gasteiger partial charge in [0.15, 0.2) is 0 Å². The van der Waals surface area contributed by atoms with Crippen molar-refractivity contribution in [2.24, 2.45) is 0 Å². The first-order valence-corrected chi connectivity index (χ1v) is 6.71. The fourth-order valence-electron chi connectivity index (χ4n) is 2.32. The molecule has 18 heavy (non-hydrogen) atoms. The van der Waals surface area contributed by atoms with Gasteiger partial charge >= 0.3 is 0 Å². The van der Waals surface area contributed by atoms with Gasteiger partial charge in [0.2, 0.25) is 0 Å². The number of piperidine rings is 1. The fraction of sp³-hybridized carbons (Fsp3) is 0.308. The zero-order valence-corrected chi connectivity index (χ0v) is 10.4. The van der Waals surface area contributed by atoms with Gasteiger partial charge in [-0.3, -0.25) is 0 Å². The lowest BCUT2D eigenvalue weighted by atomic mass is 9.94. The Balaban J connectivity index is 1.91. The highest BCUT2D eigenvalue weighted by Crippen LogP contribution is 2.31. The van der Waals surface area contributed by atoms with Crippen LogP contribution < -0.4 is 5.32 Å². The SMILES string of the molecule is FC(F)=C1CCNC(c2ccc3scnc3c2)C1. The smallest absolute Gasteiger partial charge is 0.269 e. The Hall–Kier alpha value is -1.33. The molecule has 1 N–H and O–H groups in total. The minimum Gasteiger partial charge on any atom is -0.309 e. The van der Waals surface area contributed by atoms with Crippen molar-refractivity contribution in [3.8, 4) is 0 Å². The summed E-state index contributed by atoms with van der Waals surface area (Å²) in [6, 6.07) is 5.97. The minimum atomic E-state index is -1.52. The molecule has 1 aromatic heterocycles. The third-order valence-electron chi connectivity index (χ3n) is 3.29. The van der Waals surface area contributed by atoms with Gasteiger partial charge in [0.05, 0.1) is 15.7 Å². The molecule has 1 aliphatic heterocycles. The summed E-state index contributed by atoms with van der Waals surface area (Å²) in [6.45, 7) is 0.604. The van der Waals surface area contributed by atoms with Crippen molar-refractivity contribution in [3.63, 3.8) is 0 Å². The van der Waals surface area contributed by atoms with Crippen LogP contribution in [0, 0.1) is 0 Å². The van der Waals surface area contributed by atoms with Crippen molar-refractivity contribution < 1.29 is 8.78 Å². The molecule has 0 spiro atoms. The van der Waals surface area contributed by atoms with E-state index >= 15 is 0 Å². The summed E-state index contributed by atoms with van der Waals surface area (Å²) in [6.07, 6.45) is -0.688. The van der Waals surface area contributed by atoms with Crippen LogP contribution in [0.25, 0.3) is 10.2 Å². The van der Waals surface area contributed by atoms with Crippen LogP contribution in [0.2, 0.25) is 0 Å². The predicted octanol–water partition coefficient (Wildman–Crippen LogP) is 3.87. The van der Waals surface area contributed by atoms with Gasteiger partial charge < -0.3 is 5.32 Å². The van der Waals surface area contributed by atoms with E-state index in [1.165, 1.54) is 0 Å². The monoisotopic (exact) mass is 266 g/mol. The van der Waals surface area contributed by atoms with Gasteiger partial charge in [-0.1, -0.05) is 6.07 Å². The van der Waals surface area contributed by atoms with Crippen molar-refractivity contribution in [1.82, 2.24) is 10.3 Å². The van der Waals surface area contributed by atoms with E-state index in [2.05, 4.69) is 10.3 Å². The quantitative estimate of drug-likeness (QED) is 0.847. The first kappa shape index (κ1) is 11.7.